The van der Waals surface area contributed by atoms with Crippen molar-refractivity contribution in [2.75, 3.05) is 5.73 Å². The fourth-order valence-electron chi connectivity index (χ4n) is 2.21. The highest BCUT2D eigenvalue weighted by Gasteiger charge is 2.15. The summed E-state index contributed by atoms with van der Waals surface area (Å²) in [6.07, 6.45) is 3.08. The number of aromatic nitrogens is 2. The number of nitrogens with two attached hydrogens (primary N) is 1. The Balaban J connectivity index is 2.46. The van der Waals surface area contributed by atoms with Gasteiger partial charge in [0.2, 0.25) is 0 Å². The monoisotopic (exact) mass is 311 g/mol. The van der Waals surface area contributed by atoms with Gasteiger partial charge in [-0.25, -0.2) is 4.98 Å². The maximum absolute atomic E-state index is 6.27. The summed E-state index contributed by atoms with van der Waals surface area (Å²) in [7, 11) is 0. The number of anilines is 1. The number of hydrogen-bond acceptors (Lipinski definition) is 2. The minimum absolute atomic E-state index is 0.518. The minimum atomic E-state index is 0.518. The molecule has 3 nitrogen and oxygen atoms in total. The number of hydrogen-bond donors (Lipinski definition) is 1. The van der Waals surface area contributed by atoms with E-state index in [1.165, 1.54) is 0 Å². The molecule has 2 rings (SSSR count). The van der Waals surface area contributed by atoms with Gasteiger partial charge in [0, 0.05) is 18.5 Å². The third-order valence-corrected chi connectivity index (χ3v) is 4.07. The van der Waals surface area contributed by atoms with E-state index in [4.69, 9.17) is 28.9 Å². The lowest BCUT2D eigenvalue weighted by atomic mass is 10.1. The summed E-state index contributed by atoms with van der Waals surface area (Å²) >= 11 is 12.0. The molecule has 5 heteroatoms. The topological polar surface area (TPSA) is 43.8 Å². The molecule has 20 heavy (non-hydrogen) atoms. The van der Waals surface area contributed by atoms with E-state index in [-0.39, 0.29) is 0 Å². The van der Waals surface area contributed by atoms with Gasteiger partial charge in [0.1, 0.15) is 17.3 Å². The number of imidazole rings is 1. The van der Waals surface area contributed by atoms with Crippen LogP contribution in [-0.4, -0.2) is 9.55 Å². The molecule has 0 atom stereocenters. The van der Waals surface area contributed by atoms with Gasteiger partial charge in [0.15, 0.2) is 0 Å². The van der Waals surface area contributed by atoms with Crippen molar-refractivity contribution in [3.05, 3.63) is 34.1 Å². The number of rotatable bonds is 5. The zero-order valence-corrected chi connectivity index (χ0v) is 13.3. The Kier molecular flexibility index (Phi) is 4.95. The maximum atomic E-state index is 6.27. The molecule has 0 bridgehead atoms. The summed E-state index contributed by atoms with van der Waals surface area (Å²) in [5.41, 5.74) is 7.96. The third kappa shape index (κ3) is 2.94. The summed E-state index contributed by atoms with van der Waals surface area (Å²) in [5.74, 6) is 1.71. The lowest BCUT2D eigenvalue weighted by molar-refractivity contribution is 0.612. The largest absolute Gasteiger partial charge is 0.383 e. The lowest BCUT2D eigenvalue weighted by Gasteiger charge is -2.08. The van der Waals surface area contributed by atoms with E-state index in [0.717, 1.165) is 42.9 Å². The predicted molar refractivity (Wildman–Crippen MR) is 86.4 cm³/mol. The van der Waals surface area contributed by atoms with Crippen LogP contribution in [0, 0.1) is 0 Å². The second-order valence-electron chi connectivity index (χ2n) is 4.75. The molecule has 0 fully saturated rings. The number of unbranched alkanes of at least 4 members (excludes halogenated alkanes) is 1. The summed E-state index contributed by atoms with van der Waals surface area (Å²) in [4.78, 5) is 4.66. The Bertz CT molecular complexity index is 605. The SMILES string of the molecule is CCCCn1c(CC)nc(-c2ccc(Cl)c(Cl)c2)c1N. The van der Waals surface area contributed by atoms with Gasteiger partial charge in [0.05, 0.1) is 10.0 Å². The number of benzene rings is 1. The Hall–Kier alpha value is -1.19. The van der Waals surface area contributed by atoms with Gasteiger partial charge < -0.3 is 10.3 Å². The van der Waals surface area contributed by atoms with Crippen molar-refractivity contribution < 1.29 is 0 Å². The molecule has 1 heterocycles. The highest BCUT2D eigenvalue weighted by Crippen LogP contribution is 2.32. The van der Waals surface area contributed by atoms with E-state index >= 15 is 0 Å². The van der Waals surface area contributed by atoms with Crippen molar-refractivity contribution in [2.45, 2.75) is 39.7 Å². The van der Waals surface area contributed by atoms with Gasteiger partial charge in [-0.05, 0) is 18.6 Å². The van der Waals surface area contributed by atoms with Gasteiger partial charge in [-0.2, -0.15) is 0 Å². The Labute approximate surface area is 129 Å². The Morgan fingerprint density at radius 1 is 1.20 bits per heavy atom. The standard InChI is InChI=1S/C15H19Cl2N3/c1-3-5-8-20-13(4-2)19-14(15(20)18)10-6-7-11(16)12(17)9-10/h6-7,9H,3-5,8,18H2,1-2H3. The molecule has 0 aliphatic carbocycles. The van der Waals surface area contributed by atoms with E-state index < -0.39 is 0 Å². The van der Waals surface area contributed by atoms with Crippen LogP contribution in [0.5, 0.6) is 0 Å². The number of halogens is 2. The van der Waals surface area contributed by atoms with Crippen molar-refractivity contribution >= 4 is 29.0 Å². The van der Waals surface area contributed by atoms with Crippen LogP contribution in [0.1, 0.15) is 32.5 Å². The Morgan fingerprint density at radius 3 is 2.55 bits per heavy atom. The van der Waals surface area contributed by atoms with Crippen LogP contribution in [0.15, 0.2) is 18.2 Å². The second-order valence-corrected chi connectivity index (χ2v) is 5.56. The second kappa shape index (κ2) is 6.51. The van der Waals surface area contributed by atoms with E-state index in [1.807, 2.05) is 12.1 Å². The van der Waals surface area contributed by atoms with Crippen molar-refractivity contribution in [1.29, 1.82) is 0 Å². The van der Waals surface area contributed by atoms with Crippen LogP contribution in [0.3, 0.4) is 0 Å². The van der Waals surface area contributed by atoms with Crippen LogP contribution in [-0.2, 0) is 13.0 Å². The van der Waals surface area contributed by atoms with Crippen LogP contribution < -0.4 is 5.73 Å². The predicted octanol–water partition coefficient (Wildman–Crippen LogP) is 4.80. The fourth-order valence-corrected chi connectivity index (χ4v) is 2.50. The zero-order chi connectivity index (χ0) is 14.7. The lowest BCUT2D eigenvalue weighted by Crippen LogP contribution is -2.06. The van der Waals surface area contributed by atoms with Crippen molar-refractivity contribution in [3.63, 3.8) is 0 Å². The molecule has 0 saturated heterocycles. The van der Waals surface area contributed by atoms with E-state index in [9.17, 15) is 0 Å². The van der Waals surface area contributed by atoms with Gasteiger partial charge in [0.25, 0.3) is 0 Å². The summed E-state index contributed by atoms with van der Waals surface area (Å²) in [6, 6.07) is 5.48. The van der Waals surface area contributed by atoms with Gasteiger partial charge in [-0.1, -0.05) is 49.5 Å². The molecule has 0 amide bonds. The van der Waals surface area contributed by atoms with Crippen LogP contribution in [0.2, 0.25) is 10.0 Å². The molecular formula is C15H19Cl2N3. The first-order valence-corrected chi connectivity index (χ1v) is 7.64. The van der Waals surface area contributed by atoms with Gasteiger partial charge >= 0.3 is 0 Å². The highest BCUT2D eigenvalue weighted by atomic mass is 35.5. The third-order valence-electron chi connectivity index (χ3n) is 3.33. The average Bonchev–Trinajstić information content (AvgIpc) is 2.76. The van der Waals surface area contributed by atoms with E-state index in [1.54, 1.807) is 6.07 Å². The van der Waals surface area contributed by atoms with Crippen molar-refractivity contribution in [2.24, 2.45) is 0 Å². The van der Waals surface area contributed by atoms with Crippen molar-refractivity contribution in [1.82, 2.24) is 9.55 Å². The molecule has 1 aromatic heterocycles. The van der Waals surface area contributed by atoms with Crippen LogP contribution >= 0.6 is 23.2 Å². The van der Waals surface area contributed by atoms with Crippen LogP contribution in [0.4, 0.5) is 5.82 Å². The van der Waals surface area contributed by atoms with Crippen molar-refractivity contribution in [3.8, 4) is 11.3 Å². The molecule has 0 aliphatic rings. The molecule has 0 unspecified atom stereocenters. The Morgan fingerprint density at radius 2 is 1.95 bits per heavy atom. The van der Waals surface area contributed by atoms with E-state index in [2.05, 4.69) is 23.4 Å². The summed E-state index contributed by atoms with van der Waals surface area (Å²) in [5, 5.41) is 1.06. The summed E-state index contributed by atoms with van der Waals surface area (Å²) in [6.45, 7) is 5.15. The molecule has 0 saturated carbocycles. The zero-order valence-electron chi connectivity index (χ0n) is 11.8. The molecule has 2 N–H and O–H groups in total. The van der Waals surface area contributed by atoms with E-state index in [0.29, 0.717) is 15.9 Å². The first-order chi connectivity index (χ1) is 9.58. The molecule has 108 valence electrons. The molecule has 0 aliphatic heterocycles. The molecule has 1 aromatic carbocycles. The maximum Gasteiger partial charge on any atom is 0.131 e. The molecule has 0 radical (unpaired) electrons. The first-order valence-electron chi connectivity index (χ1n) is 6.88. The smallest absolute Gasteiger partial charge is 0.131 e. The molecule has 2 aromatic rings. The normalized spacial score (nSPS) is 11.0. The van der Waals surface area contributed by atoms with Crippen LogP contribution in [0.25, 0.3) is 11.3 Å². The molecular weight excluding hydrogens is 293 g/mol. The fraction of sp³-hybridized carbons (Fsp3) is 0.400. The average molecular weight is 312 g/mol. The van der Waals surface area contributed by atoms with Gasteiger partial charge in [-0.3, -0.25) is 0 Å². The van der Waals surface area contributed by atoms with Gasteiger partial charge in [-0.15, -0.1) is 0 Å². The highest BCUT2D eigenvalue weighted by molar-refractivity contribution is 6.42. The number of aryl methyl sites for hydroxylation is 1. The number of nitrogen functional groups attached to an aromatic ring is 1. The minimum Gasteiger partial charge on any atom is -0.383 e. The number of nitrogens with zero attached hydrogens (tertiary/aromatic N) is 2. The molecule has 0 spiro atoms. The first kappa shape index (κ1) is 15.2. The quantitative estimate of drug-likeness (QED) is 0.861. The summed E-state index contributed by atoms with van der Waals surface area (Å²) < 4.78 is 2.10.